The molecule has 1 aromatic heterocycles. The van der Waals surface area contributed by atoms with Gasteiger partial charge in [-0.15, -0.1) is 5.10 Å². The fraction of sp³-hybridized carbons (Fsp3) is 0.200. The zero-order valence-electron chi connectivity index (χ0n) is 9.62. The van der Waals surface area contributed by atoms with Gasteiger partial charge < -0.3 is 5.11 Å². The van der Waals surface area contributed by atoms with Crippen molar-refractivity contribution in [2.75, 3.05) is 0 Å². The normalized spacial score (nSPS) is 12.4. The van der Waals surface area contributed by atoms with Crippen molar-refractivity contribution in [2.24, 2.45) is 0 Å². The summed E-state index contributed by atoms with van der Waals surface area (Å²) in [5, 5.41) is 27.7. The van der Waals surface area contributed by atoms with E-state index < -0.39 is 11.0 Å². The molecule has 1 heterocycles. The van der Waals surface area contributed by atoms with E-state index >= 15 is 0 Å². The van der Waals surface area contributed by atoms with Crippen molar-refractivity contribution >= 4 is 28.9 Å². The first-order chi connectivity index (χ1) is 8.90. The molecule has 0 saturated carbocycles. The maximum Gasteiger partial charge on any atom is 0.272 e. The lowest BCUT2D eigenvalue weighted by atomic mass is 10.2. The monoisotopic (exact) mass is 302 g/mol. The van der Waals surface area contributed by atoms with Crippen molar-refractivity contribution in [3.63, 3.8) is 0 Å². The molecule has 1 atom stereocenters. The van der Waals surface area contributed by atoms with Crippen molar-refractivity contribution in [1.29, 1.82) is 0 Å². The maximum absolute atomic E-state index is 10.7. The Bertz CT molecular complexity index is 618. The van der Waals surface area contributed by atoms with Crippen molar-refractivity contribution in [2.45, 2.75) is 13.0 Å². The second kappa shape index (κ2) is 5.12. The van der Waals surface area contributed by atoms with Crippen LogP contribution in [0.5, 0.6) is 0 Å². The molecule has 2 rings (SSSR count). The van der Waals surface area contributed by atoms with Crippen molar-refractivity contribution in [1.82, 2.24) is 15.0 Å². The number of halogens is 2. The summed E-state index contributed by atoms with van der Waals surface area (Å²) in [6, 6.07) is 2.35. The van der Waals surface area contributed by atoms with Crippen LogP contribution in [0.3, 0.4) is 0 Å². The Morgan fingerprint density at radius 2 is 2.00 bits per heavy atom. The molecule has 0 fully saturated rings. The van der Waals surface area contributed by atoms with Gasteiger partial charge in [0.05, 0.1) is 27.3 Å². The fourth-order valence-electron chi connectivity index (χ4n) is 1.45. The SMILES string of the molecule is CC(O)c1cn(-c2c(Cl)cc([N+](=O)[O-])cc2Cl)nn1. The molecule has 1 N–H and O–H groups in total. The second-order valence-electron chi connectivity index (χ2n) is 3.78. The van der Waals surface area contributed by atoms with E-state index in [1.165, 1.54) is 29.9 Å². The highest BCUT2D eigenvalue weighted by Gasteiger charge is 2.18. The first kappa shape index (κ1) is 13.7. The number of nitro groups is 1. The minimum atomic E-state index is -0.788. The zero-order chi connectivity index (χ0) is 14.2. The lowest BCUT2D eigenvalue weighted by Crippen LogP contribution is -1.99. The Balaban J connectivity index is 2.52. The second-order valence-corrected chi connectivity index (χ2v) is 4.59. The van der Waals surface area contributed by atoms with Crippen LogP contribution in [0.15, 0.2) is 18.3 Å². The van der Waals surface area contributed by atoms with Crippen molar-refractivity contribution in [3.8, 4) is 5.69 Å². The summed E-state index contributed by atoms with van der Waals surface area (Å²) < 4.78 is 1.26. The van der Waals surface area contributed by atoms with Crippen LogP contribution in [0.1, 0.15) is 18.7 Å². The molecule has 0 bridgehead atoms. The number of aliphatic hydroxyl groups is 1. The van der Waals surface area contributed by atoms with Crippen LogP contribution in [0.4, 0.5) is 5.69 Å². The standard InChI is InChI=1S/C10H8Cl2N4O3/c1-5(17)9-4-15(14-13-9)10-7(11)2-6(16(18)19)3-8(10)12/h2-5,17H,1H3. The summed E-state index contributed by atoms with van der Waals surface area (Å²) in [7, 11) is 0. The summed E-state index contributed by atoms with van der Waals surface area (Å²) in [6.45, 7) is 1.54. The largest absolute Gasteiger partial charge is 0.387 e. The lowest BCUT2D eigenvalue weighted by Gasteiger charge is -2.05. The number of benzene rings is 1. The van der Waals surface area contributed by atoms with Crippen LogP contribution >= 0.6 is 23.2 Å². The summed E-state index contributed by atoms with van der Waals surface area (Å²) >= 11 is 11.9. The molecule has 0 saturated heterocycles. The first-order valence-corrected chi connectivity index (χ1v) is 5.90. The van der Waals surface area contributed by atoms with Gasteiger partial charge in [0, 0.05) is 12.1 Å². The molecular weight excluding hydrogens is 295 g/mol. The summed E-state index contributed by atoms with van der Waals surface area (Å²) in [5.74, 6) is 0. The molecule has 1 unspecified atom stereocenters. The summed E-state index contributed by atoms with van der Waals surface area (Å²) in [4.78, 5) is 10.1. The van der Waals surface area contributed by atoms with Crippen LogP contribution < -0.4 is 0 Å². The topological polar surface area (TPSA) is 94.1 Å². The molecule has 0 aliphatic heterocycles. The summed E-state index contributed by atoms with van der Waals surface area (Å²) in [6.07, 6.45) is 0.660. The third-order valence-electron chi connectivity index (χ3n) is 2.38. The van der Waals surface area contributed by atoms with Gasteiger partial charge in [-0.1, -0.05) is 28.4 Å². The van der Waals surface area contributed by atoms with Crippen LogP contribution in [0.25, 0.3) is 5.69 Å². The van der Waals surface area contributed by atoms with E-state index in [1.807, 2.05) is 0 Å². The molecule has 0 aliphatic rings. The molecule has 0 radical (unpaired) electrons. The van der Waals surface area contributed by atoms with Gasteiger partial charge in [0.25, 0.3) is 5.69 Å². The molecular formula is C10H8Cl2N4O3. The Hall–Kier alpha value is -1.70. The molecule has 0 amide bonds. The van der Waals surface area contributed by atoms with Crippen molar-refractivity contribution < 1.29 is 10.0 Å². The fourth-order valence-corrected chi connectivity index (χ4v) is 2.10. The molecule has 9 heteroatoms. The lowest BCUT2D eigenvalue weighted by molar-refractivity contribution is -0.384. The first-order valence-electron chi connectivity index (χ1n) is 5.14. The Labute approximate surface area is 117 Å². The van der Waals surface area contributed by atoms with Crippen LogP contribution in [0, 0.1) is 10.1 Å². The van der Waals surface area contributed by atoms with Gasteiger partial charge in [-0.2, -0.15) is 0 Å². The predicted octanol–water partition coefficient (Wildman–Crippen LogP) is 2.54. The number of nitro benzene ring substituents is 1. The Kier molecular flexibility index (Phi) is 3.70. The van der Waals surface area contributed by atoms with E-state index in [0.717, 1.165) is 0 Å². The van der Waals surface area contributed by atoms with Gasteiger partial charge in [0.15, 0.2) is 0 Å². The average molecular weight is 303 g/mol. The van der Waals surface area contributed by atoms with E-state index in [1.54, 1.807) is 0 Å². The van der Waals surface area contributed by atoms with Gasteiger partial charge in [-0.3, -0.25) is 10.1 Å². The van der Waals surface area contributed by atoms with E-state index in [2.05, 4.69) is 10.3 Å². The number of non-ortho nitro benzene ring substituents is 1. The molecule has 19 heavy (non-hydrogen) atoms. The Morgan fingerprint density at radius 3 is 2.42 bits per heavy atom. The van der Waals surface area contributed by atoms with Gasteiger partial charge in [0.1, 0.15) is 11.4 Å². The Morgan fingerprint density at radius 1 is 1.42 bits per heavy atom. The predicted molar refractivity (Wildman–Crippen MR) is 68.7 cm³/mol. The third kappa shape index (κ3) is 2.67. The van der Waals surface area contributed by atoms with Crippen LogP contribution in [0.2, 0.25) is 10.0 Å². The zero-order valence-corrected chi connectivity index (χ0v) is 11.1. The quantitative estimate of drug-likeness (QED) is 0.694. The van der Waals surface area contributed by atoms with E-state index in [9.17, 15) is 15.2 Å². The van der Waals surface area contributed by atoms with E-state index in [-0.39, 0.29) is 21.4 Å². The molecule has 2 aromatic rings. The van der Waals surface area contributed by atoms with Gasteiger partial charge in [-0.25, -0.2) is 4.68 Å². The number of nitrogens with zero attached hydrogens (tertiary/aromatic N) is 4. The smallest absolute Gasteiger partial charge is 0.272 e. The maximum atomic E-state index is 10.7. The van der Waals surface area contributed by atoms with Gasteiger partial charge in [-0.05, 0) is 6.92 Å². The molecule has 7 nitrogen and oxygen atoms in total. The average Bonchev–Trinajstić information content (AvgIpc) is 2.77. The number of hydrogen-bond donors (Lipinski definition) is 1. The van der Waals surface area contributed by atoms with E-state index in [0.29, 0.717) is 5.69 Å². The number of hydrogen-bond acceptors (Lipinski definition) is 5. The molecule has 1 aromatic carbocycles. The van der Waals surface area contributed by atoms with Crippen LogP contribution in [-0.4, -0.2) is 25.0 Å². The highest BCUT2D eigenvalue weighted by molar-refractivity contribution is 6.38. The number of aromatic nitrogens is 3. The minimum absolute atomic E-state index is 0.0706. The third-order valence-corrected chi connectivity index (χ3v) is 2.96. The van der Waals surface area contributed by atoms with Crippen LogP contribution in [-0.2, 0) is 0 Å². The van der Waals surface area contributed by atoms with Gasteiger partial charge >= 0.3 is 0 Å². The molecule has 100 valence electrons. The van der Waals surface area contributed by atoms with Gasteiger partial charge in [0.2, 0.25) is 0 Å². The molecule has 0 spiro atoms. The van der Waals surface area contributed by atoms with E-state index in [4.69, 9.17) is 23.2 Å². The highest BCUT2D eigenvalue weighted by Crippen LogP contribution is 2.32. The molecule has 0 aliphatic carbocycles. The highest BCUT2D eigenvalue weighted by atomic mass is 35.5. The minimum Gasteiger partial charge on any atom is -0.387 e. The number of rotatable bonds is 3. The van der Waals surface area contributed by atoms with Crippen molar-refractivity contribution in [3.05, 3.63) is 44.2 Å². The number of aliphatic hydroxyl groups excluding tert-OH is 1. The summed E-state index contributed by atoms with van der Waals surface area (Å²) in [5.41, 5.74) is 0.397.